The van der Waals surface area contributed by atoms with Crippen molar-refractivity contribution in [3.8, 4) is 0 Å². The molecule has 0 saturated heterocycles. The van der Waals surface area contributed by atoms with Crippen LogP contribution in [0.2, 0.25) is 0 Å². The van der Waals surface area contributed by atoms with Gasteiger partial charge in [-0.2, -0.15) is 4.39 Å². The molecular weight excluding hydrogens is 1290 g/mol. The number of hydrogen-bond acceptors (Lipinski definition) is 13. The Labute approximate surface area is 459 Å². The molecule has 3 aromatic rings. The monoisotopic (exact) mass is 1370 g/mol. The molecule has 3 rings (SSSR count). The molecule has 0 bridgehead atoms. The third-order valence-electron chi connectivity index (χ3n) is 8.50. The number of nitrogens with zero attached hydrogens (tertiary/aromatic N) is 3. The fourth-order valence-electron chi connectivity index (χ4n) is 4.95. The third kappa shape index (κ3) is 30.5. The van der Waals surface area contributed by atoms with Crippen molar-refractivity contribution in [2.75, 3.05) is 53.7 Å². The molecule has 0 aliphatic heterocycles. The number of nitrogens with two attached hydrogens (primary N) is 2. The van der Waals surface area contributed by atoms with Gasteiger partial charge < -0.3 is 30.6 Å². The second-order valence-corrected chi connectivity index (χ2v) is 91.4. The molecule has 0 heterocycles. The number of carbonyl (C=O) groups is 3. The number of aryl methyl sites for hydroxylation is 2. The van der Waals surface area contributed by atoms with Gasteiger partial charge in [-0.05, 0) is 150 Å². The number of benzene rings is 3. The molecule has 0 radical (unpaired) electrons. The molecule has 0 saturated carbocycles. The second-order valence-electron chi connectivity index (χ2n) is 12.8. The van der Waals surface area contributed by atoms with Gasteiger partial charge in [0.15, 0.2) is 0 Å². The molecule has 0 fully saturated rings. The molecule has 0 spiro atoms. The fraction of sp³-hybridized carbons (Fsp3) is 0.400. The van der Waals surface area contributed by atoms with E-state index < -0.39 is 33.3 Å². The van der Waals surface area contributed by atoms with Crippen LogP contribution in [0.15, 0.2) is 54.6 Å². The molecule has 36 heteroatoms. The Morgan fingerprint density at radius 2 is 0.901 bits per heavy atom. The van der Waals surface area contributed by atoms with Crippen molar-refractivity contribution in [1.82, 2.24) is 4.90 Å². The summed E-state index contributed by atoms with van der Waals surface area (Å²) in [5.74, 6) is -2.61. The lowest BCUT2D eigenvalue weighted by molar-refractivity contribution is -0.387. The van der Waals surface area contributed by atoms with E-state index in [-0.39, 0.29) is 83.0 Å². The predicted molar refractivity (Wildman–Crippen MR) is 367 cm³/mol. The molecule has 15 nitrogen and oxygen atoms in total. The first-order valence-electron chi connectivity index (χ1n) is 20.3. The zero-order chi connectivity index (χ0) is 55.9. The Kier molecular flexibility index (Phi) is 49.5. The van der Waals surface area contributed by atoms with Crippen molar-refractivity contribution in [1.29, 1.82) is 0 Å². The average molecular weight is 1370 g/mol. The minimum absolute atomic E-state index is 0. The number of esters is 3. The maximum Gasteiger partial charge on any atom is 0.337 e. The minimum atomic E-state index is -1.06. The molecule has 0 aliphatic carbocycles. The lowest BCUT2D eigenvalue weighted by Crippen LogP contribution is -2.21. The van der Waals surface area contributed by atoms with Crippen LogP contribution < -0.4 is 11.5 Å². The van der Waals surface area contributed by atoms with Gasteiger partial charge in [0.2, 0.25) is 5.82 Å². The molecule has 0 aromatic heterocycles. The van der Waals surface area contributed by atoms with Crippen LogP contribution in [-0.2, 0) is 27.1 Å². The van der Waals surface area contributed by atoms with Gasteiger partial charge >= 0.3 is 23.6 Å². The molecule has 0 aliphatic rings. The molecule has 408 valence electrons. The van der Waals surface area contributed by atoms with Crippen LogP contribution >= 0.6 is 161 Å². The van der Waals surface area contributed by atoms with E-state index >= 15 is 0 Å². The first kappa shape index (κ1) is 78.3. The van der Waals surface area contributed by atoms with Gasteiger partial charge in [0.25, 0.3) is 5.69 Å². The minimum Gasteiger partial charge on any atom is -0.465 e. The Morgan fingerprint density at radius 3 is 1.17 bits per heavy atom. The second kappa shape index (κ2) is 44.8. The number of nitrogen functional groups attached to an aromatic ring is 1. The van der Waals surface area contributed by atoms with E-state index in [2.05, 4.69) is 144 Å². The summed E-state index contributed by atoms with van der Waals surface area (Å²) in [6.07, 6.45) is 1.32. The van der Waals surface area contributed by atoms with E-state index in [1.54, 1.807) is 25.1 Å². The van der Waals surface area contributed by atoms with Gasteiger partial charge in [0, 0.05) is 26.2 Å². The van der Waals surface area contributed by atoms with Crippen molar-refractivity contribution >= 4 is 196 Å². The Bertz CT molecular complexity index is 2040. The summed E-state index contributed by atoms with van der Waals surface area (Å²) < 4.78 is 26.4. The van der Waals surface area contributed by atoms with Crippen molar-refractivity contribution in [2.24, 2.45) is 5.73 Å². The lowest BCUT2D eigenvalue weighted by atomic mass is 10.1. The van der Waals surface area contributed by atoms with E-state index in [0.717, 1.165) is 43.0 Å². The Balaban J connectivity index is -0.000000267. The van der Waals surface area contributed by atoms with E-state index in [1.807, 2.05) is 6.92 Å². The molecule has 12 unspecified atom stereocenters. The number of anilines is 1. The van der Waals surface area contributed by atoms with Gasteiger partial charge in [-0.15, -0.1) is 98.2 Å². The van der Waals surface area contributed by atoms with E-state index in [9.17, 15) is 39.0 Å². The SMILES string of the molecule is CCN(CC)CC.CCc1cc(C(=O)OC)ccc1N.CCc1cc(C(=O)OC)ccc1[N+](=O)[O-].CN.COC(=O)c1ccc([N+](=O)[O-])c(F)c1.PP(P)P(P)P(P(P(P)P)P(P)P)P(P(P)P)P(P)P.[2HH].[HH]. The number of rotatable bonds is 18. The lowest BCUT2D eigenvalue weighted by Gasteiger charge is -2.45. The first-order chi connectivity index (χ1) is 33.2. The van der Waals surface area contributed by atoms with Crippen LogP contribution in [0, 0.1) is 26.0 Å². The molecular formula is C35H76FN5O10P20. The number of carbonyl (C=O) groups excluding carboxylic acids is 3. The zero-order valence-electron chi connectivity index (χ0n) is 41.1. The van der Waals surface area contributed by atoms with Gasteiger partial charge in [-0.3, -0.25) is 20.2 Å². The quantitative estimate of drug-likeness (QED) is 0.0303. The zero-order valence-corrected chi connectivity index (χ0v) is 61.8. The number of nitro benzene ring substituents is 2. The Morgan fingerprint density at radius 1 is 0.577 bits per heavy atom. The van der Waals surface area contributed by atoms with Crippen LogP contribution in [0.1, 0.15) is 79.7 Å². The summed E-state index contributed by atoms with van der Waals surface area (Å²) in [5, 5.41) is 20.8. The van der Waals surface area contributed by atoms with Crippen LogP contribution in [0.4, 0.5) is 21.5 Å². The molecule has 4 N–H and O–H groups in total. The summed E-state index contributed by atoms with van der Waals surface area (Å²) >= 11 is 0. The highest BCUT2D eigenvalue weighted by Gasteiger charge is 2.41. The highest BCUT2D eigenvalue weighted by atomic mass is 33.4. The fourth-order valence-corrected chi connectivity index (χ4v) is 231. The summed E-state index contributed by atoms with van der Waals surface area (Å²) in [4.78, 5) is 55.1. The van der Waals surface area contributed by atoms with Crippen LogP contribution in [0.3, 0.4) is 0 Å². The predicted octanol–water partition coefficient (Wildman–Crippen LogP) is 17.8. The molecule has 3 aromatic carbocycles. The summed E-state index contributed by atoms with van der Waals surface area (Å²) in [5.41, 5.74) is 12.6. The smallest absolute Gasteiger partial charge is 0.337 e. The van der Waals surface area contributed by atoms with Gasteiger partial charge in [0.05, 0.1) is 47.9 Å². The van der Waals surface area contributed by atoms with Crippen LogP contribution in [0.25, 0.3) is 0 Å². The highest BCUT2D eigenvalue weighted by molar-refractivity contribution is 9.36. The van der Waals surface area contributed by atoms with Crippen LogP contribution in [-0.4, -0.2) is 80.7 Å². The normalized spacial score (nSPS) is 11.1. The summed E-state index contributed by atoms with van der Waals surface area (Å²) in [6.45, 7) is 14.5. The van der Waals surface area contributed by atoms with Crippen molar-refractivity contribution < 1.29 is 45.7 Å². The largest absolute Gasteiger partial charge is 0.465 e. The van der Waals surface area contributed by atoms with Crippen LogP contribution in [0.5, 0.6) is 0 Å². The number of nitro groups is 2. The topological polar surface area (TPSA) is 220 Å². The van der Waals surface area contributed by atoms with E-state index in [1.165, 1.54) is 59.1 Å². The van der Waals surface area contributed by atoms with Crippen molar-refractivity contribution in [3.63, 3.8) is 0 Å². The van der Waals surface area contributed by atoms with Gasteiger partial charge in [-0.25, -0.2) is 14.4 Å². The number of methoxy groups -OCH3 is 3. The maximum atomic E-state index is 12.9. The highest BCUT2D eigenvalue weighted by Crippen LogP contribution is 3.30. The van der Waals surface area contributed by atoms with E-state index in [0.29, 0.717) is 23.1 Å². The molecule has 0 amide bonds. The number of halogens is 1. The van der Waals surface area contributed by atoms with E-state index in [4.69, 9.17) is 5.73 Å². The number of hydrogen-bond donors (Lipinski definition) is 2. The Hall–Kier alpha value is 3.12. The molecule has 12 atom stereocenters. The van der Waals surface area contributed by atoms with Crippen molar-refractivity contribution in [2.45, 2.75) is 47.5 Å². The third-order valence-corrected chi connectivity index (χ3v) is 134. The summed E-state index contributed by atoms with van der Waals surface area (Å²) in [6, 6.07) is 12.2. The summed E-state index contributed by atoms with van der Waals surface area (Å²) in [7, 11) is 40.0. The van der Waals surface area contributed by atoms with Crippen molar-refractivity contribution in [3.05, 3.63) is 108 Å². The maximum absolute atomic E-state index is 12.9. The standard InChI is InChI=1S/C10H11NO4.C10H13NO2.C8H6FNO4.C6H15N.CH5N.H22P20.2H2/c1-3-7-6-8(10(12)15-2)4-5-9(7)11(13)14;1-3-7-6-8(10(12)13-2)4-5-9(7)11;1-14-8(11)5-2-3-7(10(12)13)6(9)4-5;1-4-7(5-2)6-3;1-2;1-12(2)17(11)20(18(13(3)4)14(5)6)19(15(7)8)16(9)10;;/h4-6H,3H2,1-2H3;4-6H,3,11H2,1-2H3;2-4H,1H3;4-6H2,1-3H3;2H2,1H3;1-11H2;2*1H/i;;;;;;1+1;. The number of ether oxygens (including phenoxy) is 3. The average Bonchev–Trinajstić information content (AvgIpc) is 3.33. The van der Waals surface area contributed by atoms with Gasteiger partial charge in [0.1, 0.15) is 0 Å². The molecule has 71 heavy (non-hydrogen) atoms. The first-order valence-corrected chi connectivity index (χ1v) is 55.8. The van der Waals surface area contributed by atoms with Gasteiger partial charge in [-0.1, -0.05) is 34.6 Å².